The predicted octanol–water partition coefficient (Wildman–Crippen LogP) is 3.13. The summed E-state index contributed by atoms with van der Waals surface area (Å²) in [5, 5.41) is 3.72. The third kappa shape index (κ3) is 2.56. The topological polar surface area (TPSA) is 26.3 Å². The summed E-state index contributed by atoms with van der Waals surface area (Å²) in [5.74, 6) is 0.908. The Bertz CT molecular complexity index is 278. The SMILES string of the molecule is CCCCC(=O)c1cscc1OC. The van der Waals surface area contributed by atoms with Crippen molar-refractivity contribution in [2.75, 3.05) is 7.11 Å². The first-order valence-corrected chi connectivity index (χ1v) is 5.37. The van der Waals surface area contributed by atoms with Gasteiger partial charge in [-0.2, -0.15) is 0 Å². The zero-order valence-corrected chi connectivity index (χ0v) is 8.82. The zero-order chi connectivity index (χ0) is 9.68. The number of carbonyl (C=O) groups excluding carboxylic acids is 1. The monoisotopic (exact) mass is 198 g/mol. The van der Waals surface area contributed by atoms with Crippen LogP contribution in [0.15, 0.2) is 10.8 Å². The first-order valence-electron chi connectivity index (χ1n) is 4.43. The summed E-state index contributed by atoms with van der Waals surface area (Å²) in [6, 6.07) is 0. The van der Waals surface area contributed by atoms with Gasteiger partial charge in [0.15, 0.2) is 5.78 Å². The predicted molar refractivity (Wildman–Crippen MR) is 54.7 cm³/mol. The average Bonchev–Trinajstić information content (AvgIpc) is 2.61. The van der Waals surface area contributed by atoms with Crippen molar-refractivity contribution in [3.8, 4) is 5.75 Å². The van der Waals surface area contributed by atoms with E-state index < -0.39 is 0 Å². The highest BCUT2D eigenvalue weighted by molar-refractivity contribution is 7.08. The second kappa shape index (κ2) is 5.02. The van der Waals surface area contributed by atoms with Crippen molar-refractivity contribution >= 4 is 17.1 Å². The van der Waals surface area contributed by atoms with Gasteiger partial charge >= 0.3 is 0 Å². The van der Waals surface area contributed by atoms with E-state index in [-0.39, 0.29) is 5.78 Å². The highest BCUT2D eigenvalue weighted by atomic mass is 32.1. The van der Waals surface area contributed by atoms with Crippen LogP contribution in [-0.4, -0.2) is 12.9 Å². The van der Waals surface area contributed by atoms with Gasteiger partial charge in [-0.05, 0) is 6.42 Å². The van der Waals surface area contributed by atoms with Crippen LogP contribution in [0, 0.1) is 0 Å². The molecule has 13 heavy (non-hydrogen) atoms. The molecular weight excluding hydrogens is 184 g/mol. The van der Waals surface area contributed by atoms with Crippen molar-refractivity contribution in [2.24, 2.45) is 0 Å². The number of unbranched alkanes of at least 4 members (excludes halogenated alkanes) is 1. The molecule has 0 aromatic carbocycles. The van der Waals surface area contributed by atoms with Crippen molar-refractivity contribution in [1.82, 2.24) is 0 Å². The second-order valence-corrected chi connectivity index (χ2v) is 3.62. The molecule has 1 aromatic rings. The maximum absolute atomic E-state index is 11.6. The van der Waals surface area contributed by atoms with Crippen LogP contribution in [0.4, 0.5) is 0 Å². The maximum atomic E-state index is 11.6. The van der Waals surface area contributed by atoms with E-state index >= 15 is 0 Å². The van der Waals surface area contributed by atoms with E-state index in [4.69, 9.17) is 4.74 Å². The minimum Gasteiger partial charge on any atom is -0.495 e. The van der Waals surface area contributed by atoms with Crippen LogP contribution >= 0.6 is 11.3 Å². The van der Waals surface area contributed by atoms with E-state index in [1.54, 1.807) is 7.11 Å². The number of ketones is 1. The summed E-state index contributed by atoms with van der Waals surface area (Å²) in [5.41, 5.74) is 0.737. The van der Waals surface area contributed by atoms with E-state index in [1.807, 2.05) is 10.8 Å². The number of thiophene rings is 1. The summed E-state index contributed by atoms with van der Waals surface area (Å²) in [4.78, 5) is 11.6. The highest BCUT2D eigenvalue weighted by Crippen LogP contribution is 2.24. The normalized spacial score (nSPS) is 10.0. The Morgan fingerprint density at radius 2 is 2.31 bits per heavy atom. The van der Waals surface area contributed by atoms with Gasteiger partial charge in [-0.15, -0.1) is 11.3 Å². The second-order valence-electron chi connectivity index (χ2n) is 2.88. The molecule has 3 heteroatoms. The Kier molecular flexibility index (Phi) is 3.96. The van der Waals surface area contributed by atoms with E-state index in [1.165, 1.54) is 11.3 Å². The van der Waals surface area contributed by atoms with Crippen LogP contribution < -0.4 is 4.74 Å². The van der Waals surface area contributed by atoms with Gasteiger partial charge in [0, 0.05) is 17.2 Å². The number of hydrogen-bond donors (Lipinski definition) is 0. The number of rotatable bonds is 5. The molecule has 0 radical (unpaired) electrons. The third-order valence-electron chi connectivity index (χ3n) is 1.90. The van der Waals surface area contributed by atoms with Gasteiger partial charge in [0.25, 0.3) is 0 Å². The minimum atomic E-state index is 0.194. The Balaban J connectivity index is 2.65. The molecule has 72 valence electrons. The smallest absolute Gasteiger partial charge is 0.167 e. The lowest BCUT2D eigenvalue weighted by atomic mass is 10.1. The summed E-state index contributed by atoms with van der Waals surface area (Å²) < 4.78 is 5.08. The molecule has 0 aliphatic rings. The molecule has 0 amide bonds. The maximum Gasteiger partial charge on any atom is 0.167 e. The fourth-order valence-corrected chi connectivity index (χ4v) is 1.92. The molecule has 0 bridgehead atoms. The summed E-state index contributed by atoms with van der Waals surface area (Å²) >= 11 is 1.51. The minimum absolute atomic E-state index is 0.194. The van der Waals surface area contributed by atoms with Crippen LogP contribution in [0.3, 0.4) is 0 Å². The highest BCUT2D eigenvalue weighted by Gasteiger charge is 2.11. The molecule has 0 atom stereocenters. The first-order chi connectivity index (χ1) is 6.29. The lowest BCUT2D eigenvalue weighted by Crippen LogP contribution is -1.99. The van der Waals surface area contributed by atoms with Crippen molar-refractivity contribution < 1.29 is 9.53 Å². The molecule has 1 aromatic heterocycles. The van der Waals surface area contributed by atoms with E-state index in [0.29, 0.717) is 12.2 Å². The van der Waals surface area contributed by atoms with E-state index in [2.05, 4.69) is 6.92 Å². The third-order valence-corrected chi connectivity index (χ3v) is 2.63. The number of methoxy groups -OCH3 is 1. The number of carbonyl (C=O) groups is 1. The number of Topliss-reactive ketones (excluding diaryl/α,β-unsaturated/α-hetero) is 1. The molecule has 0 N–H and O–H groups in total. The Morgan fingerprint density at radius 1 is 1.54 bits per heavy atom. The number of ether oxygens (including phenoxy) is 1. The van der Waals surface area contributed by atoms with Crippen LogP contribution in [0.2, 0.25) is 0 Å². The molecule has 0 fully saturated rings. The van der Waals surface area contributed by atoms with Gasteiger partial charge < -0.3 is 4.74 Å². The van der Waals surface area contributed by atoms with Gasteiger partial charge in [-0.25, -0.2) is 0 Å². The molecular formula is C10H14O2S. The van der Waals surface area contributed by atoms with Gasteiger partial charge in [-0.3, -0.25) is 4.79 Å². The summed E-state index contributed by atoms with van der Waals surface area (Å²) in [6.45, 7) is 2.08. The van der Waals surface area contributed by atoms with Gasteiger partial charge in [0.2, 0.25) is 0 Å². The van der Waals surface area contributed by atoms with Crippen molar-refractivity contribution in [2.45, 2.75) is 26.2 Å². The fraction of sp³-hybridized carbons (Fsp3) is 0.500. The largest absolute Gasteiger partial charge is 0.495 e. The molecule has 2 nitrogen and oxygen atoms in total. The molecule has 0 unspecified atom stereocenters. The molecule has 0 saturated heterocycles. The molecule has 0 aliphatic heterocycles. The van der Waals surface area contributed by atoms with Gasteiger partial charge in [0.05, 0.1) is 12.7 Å². The standard InChI is InChI=1S/C10H14O2S/c1-3-4-5-9(11)8-6-13-7-10(8)12-2/h6-7H,3-5H2,1-2H3. The average molecular weight is 198 g/mol. The van der Waals surface area contributed by atoms with E-state index in [0.717, 1.165) is 18.4 Å². The van der Waals surface area contributed by atoms with Gasteiger partial charge in [-0.1, -0.05) is 13.3 Å². The summed E-state index contributed by atoms with van der Waals surface area (Å²) in [6.07, 6.45) is 2.64. The Hall–Kier alpha value is -0.830. The van der Waals surface area contributed by atoms with Crippen molar-refractivity contribution in [3.63, 3.8) is 0 Å². The lowest BCUT2D eigenvalue weighted by Gasteiger charge is -2.00. The molecule has 1 rings (SSSR count). The number of hydrogen-bond acceptors (Lipinski definition) is 3. The van der Waals surface area contributed by atoms with Crippen LogP contribution in [0.5, 0.6) is 5.75 Å². The molecule has 0 saturated carbocycles. The van der Waals surface area contributed by atoms with Crippen LogP contribution in [0.1, 0.15) is 36.5 Å². The summed E-state index contributed by atoms with van der Waals surface area (Å²) in [7, 11) is 1.60. The van der Waals surface area contributed by atoms with Crippen LogP contribution in [0.25, 0.3) is 0 Å². The van der Waals surface area contributed by atoms with Crippen molar-refractivity contribution in [3.05, 3.63) is 16.3 Å². The Morgan fingerprint density at radius 3 is 2.92 bits per heavy atom. The van der Waals surface area contributed by atoms with Crippen molar-refractivity contribution in [1.29, 1.82) is 0 Å². The zero-order valence-electron chi connectivity index (χ0n) is 8.00. The lowest BCUT2D eigenvalue weighted by molar-refractivity contribution is 0.0977. The Labute approximate surface area is 82.5 Å². The fourth-order valence-electron chi connectivity index (χ4n) is 1.12. The molecule has 0 aliphatic carbocycles. The quantitative estimate of drug-likeness (QED) is 0.679. The van der Waals surface area contributed by atoms with E-state index in [9.17, 15) is 4.79 Å². The molecule has 1 heterocycles. The van der Waals surface area contributed by atoms with Gasteiger partial charge in [0.1, 0.15) is 5.75 Å². The van der Waals surface area contributed by atoms with Crippen LogP contribution in [-0.2, 0) is 0 Å². The first kappa shape index (κ1) is 10.3. The molecule has 0 spiro atoms.